The fourth-order valence-electron chi connectivity index (χ4n) is 0.794. The van der Waals surface area contributed by atoms with Gasteiger partial charge in [0.15, 0.2) is 0 Å². The van der Waals surface area contributed by atoms with Gasteiger partial charge in [-0.15, -0.1) is 0 Å². The first-order valence-electron chi connectivity index (χ1n) is 4.90. The van der Waals surface area contributed by atoms with Gasteiger partial charge < -0.3 is 5.32 Å². The topological polar surface area (TPSA) is 29.1 Å². The van der Waals surface area contributed by atoms with Crippen LogP contribution in [-0.2, 0) is 4.79 Å². The van der Waals surface area contributed by atoms with E-state index in [1.807, 2.05) is 11.8 Å². The Bertz CT molecular complexity index is 146. The zero-order valence-electron chi connectivity index (χ0n) is 9.09. The lowest BCUT2D eigenvalue weighted by Gasteiger charge is -2.08. The van der Waals surface area contributed by atoms with E-state index < -0.39 is 0 Å². The number of nitrogens with one attached hydrogen (secondary N) is 1. The van der Waals surface area contributed by atoms with Crippen LogP contribution in [0.4, 0.5) is 0 Å². The standard InChI is InChI=1S/C10H21NOS/c1-8(2)7-11-10(12)5-6-13-9(3)4/h8-9H,5-7H2,1-4H3,(H,11,12). The van der Waals surface area contributed by atoms with E-state index in [4.69, 9.17) is 0 Å². The molecule has 0 unspecified atom stereocenters. The Hall–Kier alpha value is -0.180. The van der Waals surface area contributed by atoms with E-state index in [0.717, 1.165) is 12.3 Å². The highest BCUT2D eigenvalue weighted by Gasteiger charge is 2.02. The molecule has 1 amide bonds. The minimum atomic E-state index is 0.182. The molecule has 1 N–H and O–H groups in total. The molecule has 0 rings (SSSR count). The third-order valence-corrected chi connectivity index (χ3v) is 2.59. The van der Waals surface area contributed by atoms with Gasteiger partial charge in [0.1, 0.15) is 0 Å². The summed E-state index contributed by atoms with van der Waals surface area (Å²) in [4.78, 5) is 11.2. The molecule has 0 aromatic carbocycles. The van der Waals surface area contributed by atoms with E-state index in [-0.39, 0.29) is 5.91 Å². The van der Waals surface area contributed by atoms with Crippen LogP contribution in [0.5, 0.6) is 0 Å². The van der Waals surface area contributed by atoms with Crippen LogP contribution in [0.1, 0.15) is 34.1 Å². The molecule has 78 valence electrons. The molecule has 0 spiro atoms. The van der Waals surface area contributed by atoms with Gasteiger partial charge in [0, 0.05) is 18.7 Å². The lowest BCUT2D eigenvalue weighted by atomic mass is 10.2. The van der Waals surface area contributed by atoms with Gasteiger partial charge >= 0.3 is 0 Å². The van der Waals surface area contributed by atoms with Gasteiger partial charge in [0.2, 0.25) is 5.91 Å². The highest BCUT2D eigenvalue weighted by Crippen LogP contribution is 2.09. The third kappa shape index (κ3) is 9.74. The summed E-state index contributed by atoms with van der Waals surface area (Å²) in [7, 11) is 0. The number of hydrogen-bond donors (Lipinski definition) is 1. The van der Waals surface area contributed by atoms with Crippen molar-refractivity contribution in [3.05, 3.63) is 0 Å². The first kappa shape index (κ1) is 12.8. The summed E-state index contributed by atoms with van der Waals surface area (Å²) < 4.78 is 0. The predicted octanol–water partition coefficient (Wildman–Crippen LogP) is 2.29. The van der Waals surface area contributed by atoms with E-state index >= 15 is 0 Å². The molecule has 0 saturated heterocycles. The predicted molar refractivity (Wildman–Crippen MR) is 60.1 cm³/mol. The fraction of sp³-hybridized carbons (Fsp3) is 0.900. The van der Waals surface area contributed by atoms with Gasteiger partial charge in [0.05, 0.1) is 0 Å². The second-order valence-electron chi connectivity index (χ2n) is 3.87. The summed E-state index contributed by atoms with van der Waals surface area (Å²) in [5.74, 6) is 1.66. The molecule has 0 saturated carbocycles. The Morgan fingerprint density at radius 1 is 1.31 bits per heavy atom. The van der Waals surface area contributed by atoms with Crippen LogP contribution in [-0.4, -0.2) is 23.5 Å². The maximum absolute atomic E-state index is 11.2. The van der Waals surface area contributed by atoms with Gasteiger partial charge in [-0.05, 0) is 11.2 Å². The van der Waals surface area contributed by atoms with Crippen LogP contribution >= 0.6 is 11.8 Å². The van der Waals surface area contributed by atoms with Gasteiger partial charge in [0.25, 0.3) is 0 Å². The molecular formula is C10H21NOS. The van der Waals surface area contributed by atoms with E-state index in [1.165, 1.54) is 0 Å². The normalized spacial score (nSPS) is 10.9. The Labute approximate surface area is 85.9 Å². The smallest absolute Gasteiger partial charge is 0.220 e. The molecule has 0 fully saturated rings. The van der Waals surface area contributed by atoms with Crippen molar-refractivity contribution >= 4 is 17.7 Å². The monoisotopic (exact) mass is 203 g/mol. The van der Waals surface area contributed by atoms with Crippen LogP contribution in [0, 0.1) is 5.92 Å². The fourth-order valence-corrected chi connectivity index (χ4v) is 1.57. The quantitative estimate of drug-likeness (QED) is 0.717. The van der Waals surface area contributed by atoms with Crippen LogP contribution in [0.15, 0.2) is 0 Å². The Balaban J connectivity index is 3.30. The van der Waals surface area contributed by atoms with Gasteiger partial charge in [-0.25, -0.2) is 0 Å². The number of hydrogen-bond acceptors (Lipinski definition) is 2. The molecule has 3 heteroatoms. The lowest BCUT2D eigenvalue weighted by Crippen LogP contribution is -2.27. The summed E-state index contributed by atoms with van der Waals surface area (Å²) in [5.41, 5.74) is 0. The molecule has 13 heavy (non-hydrogen) atoms. The highest BCUT2D eigenvalue weighted by molar-refractivity contribution is 7.99. The zero-order chi connectivity index (χ0) is 10.3. The maximum atomic E-state index is 11.2. The Kier molecular flexibility index (Phi) is 7.14. The van der Waals surface area contributed by atoms with Crippen molar-refractivity contribution < 1.29 is 4.79 Å². The van der Waals surface area contributed by atoms with Crippen LogP contribution in [0.3, 0.4) is 0 Å². The molecule has 0 aromatic rings. The molecule has 0 aliphatic carbocycles. The van der Waals surface area contributed by atoms with Gasteiger partial charge in [-0.3, -0.25) is 4.79 Å². The molecule has 0 heterocycles. The largest absolute Gasteiger partial charge is 0.356 e. The average molecular weight is 203 g/mol. The SMILES string of the molecule is CC(C)CNC(=O)CCSC(C)C. The van der Waals surface area contributed by atoms with Crippen molar-refractivity contribution in [3.63, 3.8) is 0 Å². The summed E-state index contributed by atoms with van der Waals surface area (Å²) in [6, 6.07) is 0. The first-order chi connectivity index (χ1) is 6.02. The van der Waals surface area contributed by atoms with Crippen LogP contribution in [0.25, 0.3) is 0 Å². The average Bonchev–Trinajstić information content (AvgIpc) is 2.00. The summed E-state index contributed by atoms with van der Waals surface area (Å²) in [6.45, 7) is 9.30. The summed E-state index contributed by atoms with van der Waals surface area (Å²) >= 11 is 1.83. The Morgan fingerprint density at radius 2 is 1.92 bits per heavy atom. The molecule has 0 aromatic heterocycles. The zero-order valence-corrected chi connectivity index (χ0v) is 9.91. The summed E-state index contributed by atoms with van der Waals surface area (Å²) in [5, 5.41) is 3.53. The van der Waals surface area contributed by atoms with Crippen molar-refractivity contribution in [1.29, 1.82) is 0 Å². The minimum Gasteiger partial charge on any atom is -0.356 e. The molecule has 0 atom stereocenters. The van der Waals surface area contributed by atoms with Crippen LogP contribution < -0.4 is 5.32 Å². The first-order valence-corrected chi connectivity index (χ1v) is 5.95. The second-order valence-corrected chi connectivity index (χ2v) is 5.55. The number of rotatable bonds is 6. The lowest BCUT2D eigenvalue weighted by molar-refractivity contribution is -0.120. The number of thioether (sulfide) groups is 1. The molecule has 0 aliphatic rings. The second kappa shape index (κ2) is 7.25. The van der Waals surface area contributed by atoms with E-state index in [0.29, 0.717) is 17.6 Å². The third-order valence-electron chi connectivity index (χ3n) is 1.49. The Morgan fingerprint density at radius 3 is 2.38 bits per heavy atom. The number of amides is 1. The number of carbonyl (C=O) groups is 1. The van der Waals surface area contributed by atoms with Gasteiger partial charge in [-0.2, -0.15) is 11.8 Å². The minimum absolute atomic E-state index is 0.182. The molecular weight excluding hydrogens is 182 g/mol. The molecule has 0 bridgehead atoms. The molecule has 0 aliphatic heterocycles. The van der Waals surface area contributed by atoms with E-state index in [2.05, 4.69) is 33.0 Å². The van der Waals surface area contributed by atoms with E-state index in [1.54, 1.807) is 0 Å². The van der Waals surface area contributed by atoms with Crippen molar-refractivity contribution in [2.24, 2.45) is 5.92 Å². The molecule has 0 radical (unpaired) electrons. The van der Waals surface area contributed by atoms with Crippen molar-refractivity contribution in [2.45, 2.75) is 39.4 Å². The maximum Gasteiger partial charge on any atom is 0.220 e. The molecule has 2 nitrogen and oxygen atoms in total. The van der Waals surface area contributed by atoms with Crippen molar-refractivity contribution in [3.8, 4) is 0 Å². The van der Waals surface area contributed by atoms with Gasteiger partial charge in [-0.1, -0.05) is 27.7 Å². The van der Waals surface area contributed by atoms with E-state index in [9.17, 15) is 4.79 Å². The summed E-state index contributed by atoms with van der Waals surface area (Å²) in [6.07, 6.45) is 0.648. The van der Waals surface area contributed by atoms with Crippen molar-refractivity contribution in [2.75, 3.05) is 12.3 Å². The van der Waals surface area contributed by atoms with Crippen LogP contribution in [0.2, 0.25) is 0 Å². The number of carbonyl (C=O) groups excluding carboxylic acids is 1. The van der Waals surface area contributed by atoms with Crippen molar-refractivity contribution in [1.82, 2.24) is 5.32 Å². The highest BCUT2D eigenvalue weighted by atomic mass is 32.2.